The number of ketones is 1. The topological polar surface area (TPSA) is 55.8 Å². The van der Waals surface area contributed by atoms with Crippen molar-refractivity contribution in [3.8, 4) is 0 Å². The molecule has 0 atom stereocenters. The molecule has 2 aliphatic rings. The third-order valence-corrected chi connectivity index (χ3v) is 4.51. The first-order chi connectivity index (χ1) is 11.1. The molecule has 132 valence electrons. The summed E-state index contributed by atoms with van der Waals surface area (Å²) in [6.45, 7) is 14.0. The van der Waals surface area contributed by atoms with E-state index in [4.69, 9.17) is 9.47 Å². The van der Waals surface area contributed by atoms with E-state index < -0.39 is 11.2 Å². The van der Waals surface area contributed by atoms with Gasteiger partial charge in [-0.05, 0) is 26.8 Å². The molecule has 24 heavy (non-hydrogen) atoms. The van der Waals surface area contributed by atoms with Crippen LogP contribution >= 0.6 is 15.9 Å². The molecule has 1 saturated heterocycles. The fourth-order valence-corrected chi connectivity index (χ4v) is 3.39. The lowest BCUT2D eigenvalue weighted by Gasteiger charge is -2.44. The maximum atomic E-state index is 12.5. The Morgan fingerprint density at radius 2 is 1.96 bits per heavy atom. The molecule has 0 aromatic heterocycles. The normalized spacial score (nSPS) is 20.7. The molecule has 2 rings (SSSR count). The molecule has 2 aliphatic heterocycles. The minimum absolute atomic E-state index is 0.0104. The van der Waals surface area contributed by atoms with E-state index in [0.29, 0.717) is 41.7 Å². The Morgan fingerprint density at radius 3 is 2.42 bits per heavy atom. The second-order valence-electron chi connectivity index (χ2n) is 7.20. The number of hydrogen-bond acceptors (Lipinski definition) is 4. The predicted molar refractivity (Wildman–Crippen MR) is 95.8 cm³/mol. The van der Waals surface area contributed by atoms with Gasteiger partial charge in [-0.2, -0.15) is 0 Å². The molecule has 0 aromatic carbocycles. The van der Waals surface area contributed by atoms with Crippen LogP contribution in [0.4, 0.5) is 4.79 Å². The van der Waals surface area contributed by atoms with Crippen molar-refractivity contribution in [1.29, 1.82) is 0 Å². The number of carbonyl (C=O) groups is 2. The molecule has 2 heterocycles. The number of amides is 1. The van der Waals surface area contributed by atoms with Gasteiger partial charge in [-0.15, -0.1) is 0 Å². The van der Waals surface area contributed by atoms with Crippen molar-refractivity contribution in [3.05, 3.63) is 35.0 Å². The van der Waals surface area contributed by atoms with Crippen LogP contribution in [0.25, 0.3) is 0 Å². The quantitative estimate of drug-likeness (QED) is 0.703. The largest absolute Gasteiger partial charge is 0.486 e. The monoisotopic (exact) mass is 397 g/mol. The highest BCUT2D eigenvalue weighted by Gasteiger charge is 2.44. The van der Waals surface area contributed by atoms with Crippen molar-refractivity contribution in [2.45, 2.75) is 51.2 Å². The van der Waals surface area contributed by atoms with Crippen LogP contribution < -0.4 is 0 Å². The fourth-order valence-electron chi connectivity index (χ4n) is 2.97. The molecule has 1 amide bonds. The summed E-state index contributed by atoms with van der Waals surface area (Å²) >= 11 is 3.26. The Balaban J connectivity index is 2.09. The average molecular weight is 398 g/mol. The number of carbonyl (C=O) groups excluding carboxylic acids is 2. The lowest BCUT2D eigenvalue weighted by Crippen LogP contribution is -2.51. The van der Waals surface area contributed by atoms with E-state index in [1.165, 1.54) is 0 Å². The third-order valence-electron chi connectivity index (χ3n) is 4.12. The van der Waals surface area contributed by atoms with Gasteiger partial charge in [0.25, 0.3) is 0 Å². The Bertz CT molecular complexity index is 607. The molecule has 0 unspecified atom stereocenters. The van der Waals surface area contributed by atoms with E-state index in [9.17, 15) is 9.59 Å². The van der Waals surface area contributed by atoms with Gasteiger partial charge in [0.05, 0.1) is 12.0 Å². The van der Waals surface area contributed by atoms with Crippen LogP contribution in [0.5, 0.6) is 0 Å². The van der Waals surface area contributed by atoms with Gasteiger partial charge in [0, 0.05) is 30.4 Å². The standard InChI is InChI=1S/C18H24BrNO4/c1-6-14-15(12(2)19)13(21)11-18(23-14)7-9-20(10-8-18)16(22)24-17(3,4)5/h6H,1-2,7-11H2,3-5H3. The molecule has 1 spiro atoms. The van der Waals surface area contributed by atoms with Gasteiger partial charge >= 0.3 is 6.09 Å². The van der Waals surface area contributed by atoms with Crippen LogP contribution in [0.2, 0.25) is 0 Å². The molecule has 0 radical (unpaired) electrons. The van der Waals surface area contributed by atoms with Gasteiger partial charge in [-0.25, -0.2) is 4.79 Å². The highest BCUT2D eigenvalue weighted by molar-refractivity contribution is 9.12. The molecular formula is C18H24BrNO4. The average Bonchev–Trinajstić information content (AvgIpc) is 2.44. The van der Waals surface area contributed by atoms with Gasteiger partial charge in [0.1, 0.15) is 17.0 Å². The van der Waals surface area contributed by atoms with Crippen molar-refractivity contribution < 1.29 is 19.1 Å². The number of nitrogens with zero attached hydrogens (tertiary/aromatic N) is 1. The third kappa shape index (κ3) is 4.09. The van der Waals surface area contributed by atoms with E-state index in [2.05, 4.69) is 29.1 Å². The van der Waals surface area contributed by atoms with Crippen molar-refractivity contribution in [1.82, 2.24) is 4.90 Å². The lowest BCUT2D eigenvalue weighted by molar-refractivity contribution is -0.128. The Hall–Kier alpha value is -1.56. The van der Waals surface area contributed by atoms with Crippen LogP contribution in [0.3, 0.4) is 0 Å². The summed E-state index contributed by atoms with van der Waals surface area (Å²) in [7, 11) is 0. The van der Waals surface area contributed by atoms with Gasteiger partial charge < -0.3 is 14.4 Å². The smallest absolute Gasteiger partial charge is 0.410 e. The molecule has 1 fully saturated rings. The number of halogens is 1. The minimum Gasteiger partial charge on any atom is -0.486 e. The summed E-state index contributed by atoms with van der Waals surface area (Å²) in [5, 5.41) is 0. The second kappa shape index (κ2) is 6.75. The summed E-state index contributed by atoms with van der Waals surface area (Å²) in [4.78, 5) is 26.3. The highest BCUT2D eigenvalue weighted by atomic mass is 79.9. The lowest BCUT2D eigenvalue weighted by atomic mass is 9.82. The fraction of sp³-hybridized carbons (Fsp3) is 0.556. The number of hydrogen-bond donors (Lipinski definition) is 0. The van der Waals surface area contributed by atoms with Crippen LogP contribution in [-0.2, 0) is 14.3 Å². The van der Waals surface area contributed by atoms with E-state index >= 15 is 0 Å². The number of Topliss-reactive ketones (excluding diaryl/α,β-unsaturated/α-hetero) is 1. The molecule has 0 aliphatic carbocycles. The van der Waals surface area contributed by atoms with E-state index in [1.54, 1.807) is 11.0 Å². The van der Waals surface area contributed by atoms with Crippen molar-refractivity contribution in [2.75, 3.05) is 13.1 Å². The van der Waals surface area contributed by atoms with Crippen molar-refractivity contribution in [3.63, 3.8) is 0 Å². The van der Waals surface area contributed by atoms with Gasteiger partial charge in [0.2, 0.25) is 0 Å². The van der Waals surface area contributed by atoms with Crippen molar-refractivity contribution in [2.24, 2.45) is 0 Å². The van der Waals surface area contributed by atoms with Crippen LogP contribution in [-0.4, -0.2) is 41.1 Å². The molecule has 6 heteroatoms. The number of likely N-dealkylation sites (tertiary alicyclic amines) is 1. The van der Waals surface area contributed by atoms with Gasteiger partial charge in [0.15, 0.2) is 5.78 Å². The zero-order valence-electron chi connectivity index (χ0n) is 14.5. The predicted octanol–water partition coefficient (Wildman–Crippen LogP) is 4.09. The second-order valence-corrected chi connectivity index (χ2v) is 8.16. The minimum atomic E-state index is -0.578. The summed E-state index contributed by atoms with van der Waals surface area (Å²) < 4.78 is 12.0. The Labute approximate surface area is 151 Å². The molecule has 0 saturated carbocycles. The number of piperidine rings is 1. The first-order valence-corrected chi connectivity index (χ1v) is 8.78. The van der Waals surface area contributed by atoms with Gasteiger partial charge in [-0.1, -0.05) is 29.1 Å². The van der Waals surface area contributed by atoms with Crippen LogP contribution in [0.15, 0.2) is 35.0 Å². The Morgan fingerprint density at radius 1 is 1.38 bits per heavy atom. The first kappa shape index (κ1) is 18.8. The van der Waals surface area contributed by atoms with E-state index in [1.807, 2.05) is 20.8 Å². The zero-order valence-corrected chi connectivity index (χ0v) is 16.1. The molecule has 0 bridgehead atoms. The number of allylic oxidation sites excluding steroid dienone is 3. The molecular weight excluding hydrogens is 374 g/mol. The number of ether oxygens (including phenoxy) is 2. The summed E-state index contributed by atoms with van der Waals surface area (Å²) in [5.74, 6) is 0.447. The first-order valence-electron chi connectivity index (χ1n) is 7.98. The maximum Gasteiger partial charge on any atom is 0.410 e. The van der Waals surface area contributed by atoms with E-state index in [-0.39, 0.29) is 18.3 Å². The number of rotatable bonds is 2. The Kier molecular flexibility index (Phi) is 5.28. The molecule has 0 aromatic rings. The SMILES string of the molecule is C=CC1=C(C(=C)Br)C(=O)CC2(CCN(C(=O)OC(C)(C)C)CC2)O1. The van der Waals surface area contributed by atoms with E-state index in [0.717, 1.165) is 0 Å². The summed E-state index contributed by atoms with van der Waals surface area (Å²) in [6, 6.07) is 0. The van der Waals surface area contributed by atoms with Crippen molar-refractivity contribution >= 4 is 27.8 Å². The summed E-state index contributed by atoms with van der Waals surface area (Å²) in [6.07, 6.45) is 2.66. The highest BCUT2D eigenvalue weighted by Crippen LogP contribution is 2.40. The summed E-state index contributed by atoms with van der Waals surface area (Å²) in [5.41, 5.74) is -0.649. The molecule has 0 N–H and O–H groups in total. The van der Waals surface area contributed by atoms with Gasteiger partial charge in [-0.3, -0.25) is 4.79 Å². The van der Waals surface area contributed by atoms with Crippen LogP contribution in [0.1, 0.15) is 40.0 Å². The van der Waals surface area contributed by atoms with Crippen LogP contribution in [0, 0.1) is 0 Å². The zero-order chi connectivity index (χ0) is 18.1. The molecule has 5 nitrogen and oxygen atoms in total. The maximum absolute atomic E-state index is 12.5.